The molecule has 1 aliphatic heterocycles. The first kappa shape index (κ1) is 23.6. The molecule has 1 fully saturated rings. The maximum Gasteiger partial charge on any atom is 0.227 e. The molecule has 0 spiro atoms. The molecule has 0 radical (unpaired) electrons. The Hall–Kier alpha value is -3.10. The van der Waals surface area contributed by atoms with Gasteiger partial charge in [-0.1, -0.05) is 12.1 Å². The summed E-state index contributed by atoms with van der Waals surface area (Å²) in [5.41, 5.74) is 1.64. The second kappa shape index (κ2) is 11.5. The second-order valence-corrected chi connectivity index (χ2v) is 7.88. The van der Waals surface area contributed by atoms with E-state index in [4.69, 9.17) is 9.47 Å². The van der Waals surface area contributed by atoms with Crippen molar-refractivity contribution < 1.29 is 24.2 Å². The van der Waals surface area contributed by atoms with E-state index < -0.39 is 6.10 Å². The smallest absolute Gasteiger partial charge is 0.227 e. The first-order valence-electron chi connectivity index (χ1n) is 10.7. The van der Waals surface area contributed by atoms with Crippen LogP contribution in [0.3, 0.4) is 0 Å². The van der Waals surface area contributed by atoms with Gasteiger partial charge in [-0.2, -0.15) is 0 Å². The summed E-state index contributed by atoms with van der Waals surface area (Å²) >= 11 is 0. The Balaban J connectivity index is 1.37. The van der Waals surface area contributed by atoms with E-state index in [1.807, 2.05) is 29.2 Å². The van der Waals surface area contributed by atoms with Crippen molar-refractivity contribution in [3.8, 4) is 11.5 Å². The summed E-state index contributed by atoms with van der Waals surface area (Å²) < 4.78 is 10.9. The fraction of sp³-hybridized carbons (Fsp3) is 0.417. The number of benzene rings is 2. The van der Waals surface area contributed by atoms with Gasteiger partial charge in [0, 0.05) is 45.3 Å². The minimum atomic E-state index is -0.635. The molecule has 2 aromatic rings. The van der Waals surface area contributed by atoms with Gasteiger partial charge >= 0.3 is 0 Å². The van der Waals surface area contributed by atoms with Crippen molar-refractivity contribution in [2.45, 2.75) is 19.4 Å². The lowest BCUT2D eigenvalue weighted by Gasteiger charge is -2.35. The third-order valence-corrected chi connectivity index (χ3v) is 5.30. The average Bonchev–Trinajstić information content (AvgIpc) is 2.79. The number of carbonyl (C=O) groups is 2. The molecule has 1 saturated heterocycles. The number of amides is 2. The van der Waals surface area contributed by atoms with Crippen molar-refractivity contribution in [2.75, 3.05) is 51.8 Å². The highest BCUT2D eigenvalue weighted by atomic mass is 16.5. The Labute approximate surface area is 188 Å². The number of aliphatic hydroxyl groups is 1. The van der Waals surface area contributed by atoms with Crippen LogP contribution in [0.2, 0.25) is 0 Å². The topological polar surface area (TPSA) is 91.3 Å². The van der Waals surface area contributed by atoms with E-state index in [2.05, 4.69) is 10.2 Å². The van der Waals surface area contributed by atoms with Gasteiger partial charge in [-0.25, -0.2) is 0 Å². The molecular formula is C24H31N3O5. The van der Waals surface area contributed by atoms with E-state index in [1.165, 1.54) is 6.92 Å². The van der Waals surface area contributed by atoms with Gasteiger partial charge in [-0.3, -0.25) is 14.5 Å². The molecule has 8 heteroatoms. The molecule has 1 atom stereocenters. The van der Waals surface area contributed by atoms with Crippen LogP contribution in [0.15, 0.2) is 48.5 Å². The van der Waals surface area contributed by atoms with Crippen LogP contribution in [-0.4, -0.2) is 79.3 Å². The van der Waals surface area contributed by atoms with Gasteiger partial charge < -0.3 is 24.8 Å². The predicted octanol–water partition coefficient (Wildman–Crippen LogP) is 1.78. The zero-order valence-corrected chi connectivity index (χ0v) is 18.6. The second-order valence-electron chi connectivity index (χ2n) is 7.88. The van der Waals surface area contributed by atoms with Gasteiger partial charge in [0.1, 0.15) is 24.2 Å². The van der Waals surface area contributed by atoms with Crippen LogP contribution in [0.4, 0.5) is 5.69 Å². The van der Waals surface area contributed by atoms with E-state index in [1.54, 1.807) is 31.4 Å². The summed E-state index contributed by atoms with van der Waals surface area (Å²) in [6.07, 6.45) is -0.280. The number of nitrogens with zero attached hydrogens (tertiary/aromatic N) is 2. The highest BCUT2D eigenvalue weighted by molar-refractivity contribution is 5.88. The van der Waals surface area contributed by atoms with Crippen LogP contribution in [0, 0.1) is 0 Å². The molecule has 0 bridgehead atoms. The molecule has 172 valence electrons. The first-order chi connectivity index (χ1) is 15.4. The van der Waals surface area contributed by atoms with Crippen LogP contribution >= 0.6 is 0 Å². The third kappa shape index (κ3) is 7.25. The van der Waals surface area contributed by atoms with Gasteiger partial charge in [0.25, 0.3) is 0 Å². The number of methoxy groups -OCH3 is 1. The number of nitrogens with one attached hydrogen (secondary N) is 1. The summed E-state index contributed by atoms with van der Waals surface area (Å²) in [6.45, 7) is 4.83. The number of anilines is 1. The fourth-order valence-electron chi connectivity index (χ4n) is 3.63. The Morgan fingerprint density at radius 2 is 1.78 bits per heavy atom. The molecule has 2 aromatic carbocycles. The predicted molar refractivity (Wildman–Crippen MR) is 122 cm³/mol. The fourth-order valence-corrected chi connectivity index (χ4v) is 3.63. The van der Waals surface area contributed by atoms with Gasteiger partial charge in [0.2, 0.25) is 11.8 Å². The van der Waals surface area contributed by atoms with Gasteiger partial charge in [0.05, 0.1) is 13.5 Å². The number of β-amino-alcohol motifs (C(OH)–C–C–N with tert-alkyl or cyclic N) is 1. The number of carbonyl (C=O) groups excluding carboxylic acids is 2. The minimum absolute atomic E-state index is 0.101. The number of aliphatic hydroxyl groups excluding tert-OH is 1. The van der Waals surface area contributed by atoms with Crippen LogP contribution in [0.5, 0.6) is 11.5 Å². The lowest BCUT2D eigenvalue weighted by Crippen LogP contribution is -2.51. The molecule has 32 heavy (non-hydrogen) atoms. The Morgan fingerprint density at radius 3 is 2.44 bits per heavy atom. The van der Waals surface area contributed by atoms with Crippen molar-refractivity contribution in [3.63, 3.8) is 0 Å². The van der Waals surface area contributed by atoms with Crippen molar-refractivity contribution in [3.05, 3.63) is 54.1 Å². The molecule has 0 aromatic heterocycles. The molecule has 0 aliphatic carbocycles. The normalized spacial score (nSPS) is 15.2. The molecule has 1 unspecified atom stereocenters. The number of hydrogen-bond acceptors (Lipinski definition) is 6. The van der Waals surface area contributed by atoms with E-state index in [-0.39, 0.29) is 18.4 Å². The van der Waals surface area contributed by atoms with Crippen LogP contribution in [0.25, 0.3) is 0 Å². The lowest BCUT2D eigenvalue weighted by molar-refractivity contribution is -0.132. The number of hydrogen-bond donors (Lipinski definition) is 2. The Morgan fingerprint density at radius 1 is 1.06 bits per heavy atom. The van der Waals surface area contributed by atoms with Crippen LogP contribution < -0.4 is 14.8 Å². The number of rotatable bonds is 9. The SMILES string of the molecule is COc1cccc(CC(=O)N2CCN(CC(O)COc3ccc(NC(C)=O)cc3)CC2)c1. The molecule has 0 saturated carbocycles. The first-order valence-corrected chi connectivity index (χ1v) is 10.7. The van der Waals surface area contributed by atoms with E-state index in [0.29, 0.717) is 50.6 Å². The van der Waals surface area contributed by atoms with Crippen molar-refractivity contribution in [1.82, 2.24) is 9.80 Å². The van der Waals surface area contributed by atoms with Crippen LogP contribution in [-0.2, 0) is 16.0 Å². The standard InChI is InChI=1S/C24H31N3O5/c1-18(28)25-20-6-8-22(9-7-20)32-17-21(29)16-26-10-12-27(13-11-26)24(30)15-19-4-3-5-23(14-19)31-2/h3-9,14,21,29H,10-13,15-17H2,1-2H3,(H,25,28). The zero-order chi connectivity index (χ0) is 22.9. The summed E-state index contributed by atoms with van der Waals surface area (Å²) in [5, 5.41) is 13.0. The Kier molecular flexibility index (Phi) is 8.47. The lowest BCUT2D eigenvalue weighted by atomic mass is 10.1. The quantitative estimate of drug-likeness (QED) is 0.617. The summed E-state index contributed by atoms with van der Waals surface area (Å²) in [4.78, 5) is 27.7. The zero-order valence-electron chi connectivity index (χ0n) is 18.6. The molecule has 2 N–H and O–H groups in total. The van der Waals surface area contributed by atoms with Gasteiger partial charge in [-0.15, -0.1) is 0 Å². The molecule has 1 aliphatic rings. The average molecular weight is 442 g/mol. The molecule has 8 nitrogen and oxygen atoms in total. The minimum Gasteiger partial charge on any atom is -0.497 e. The summed E-state index contributed by atoms with van der Waals surface area (Å²) in [7, 11) is 1.61. The highest BCUT2D eigenvalue weighted by Gasteiger charge is 2.23. The molecule has 2 amide bonds. The monoisotopic (exact) mass is 441 g/mol. The van der Waals surface area contributed by atoms with Crippen molar-refractivity contribution in [2.24, 2.45) is 0 Å². The molecule has 3 rings (SSSR count). The largest absolute Gasteiger partial charge is 0.497 e. The maximum atomic E-state index is 12.6. The van der Waals surface area contributed by atoms with Crippen molar-refractivity contribution >= 4 is 17.5 Å². The molecule has 1 heterocycles. The van der Waals surface area contributed by atoms with E-state index in [9.17, 15) is 14.7 Å². The summed E-state index contributed by atoms with van der Waals surface area (Å²) in [6, 6.07) is 14.6. The van der Waals surface area contributed by atoms with E-state index in [0.717, 1.165) is 11.3 Å². The number of ether oxygens (including phenoxy) is 2. The van der Waals surface area contributed by atoms with Crippen LogP contribution in [0.1, 0.15) is 12.5 Å². The molecular weight excluding hydrogens is 410 g/mol. The van der Waals surface area contributed by atoms with E-state index >= 15 is 0 Å². The Bertz CT molecular complexity index is 895. The maximum absolute atomic E-state index is 12.6. The van der Waals surface area contributed by atoms with Gasteiger partial charge in [-0.05, 0) is 42.0 Å². The van der Waals surface area contributed by atoms with Gasteiger partial charge in [0.15, 0.2) is 0 Å². The number of piperazine rings is 1. The highest BCUT2D eigenvalue weighted by Crippen LogP contribution is 2.17. The van der Waals surface area contributed by atoms with Crippen molar-refractivity contribution in [1.29, 1.82) is 0 Å². The summed E-state index contributed by atoms with van der Waals surface area (Å²) in [5.74, 6) is 1.35. The third-order valence-electron chi connectivity index (χ3n) is 5.30.